The van der Waals surface area contributed by atoms with Gasteiger partial charge in [0.05, 0.1) is 18.7 Å². The van der Waals surface area contributed by atoms with Gasteiger partial charge < -0.3 is 15.6 Å². The van der Waals surface area contributed by atoms with Gasteiger partial charge in [-0.1, -0.05) is 12.1 Å². The molecule has 0 amide bonds. The number of nitrogens with two attached hydrogens (primary N) is 1. The van der Waals surface area contributed by atoms with E-state index in [1.807, 2.05) is 0 Å². The van der Waals surface area contributed by atoms with Crippen LogP contribution in [0.25, 0.3) is 0 Å². The highest BCUT2D eigenvalue weighted by atomic mass is 35.5. The first-order valence-electron chi connectivity index (χ1n) is 3.94. The zero-order valence-electron chi connectivity index (χ0n) is 7.93. The second-order valence-corrected chi connectivity index (χ2v) is 2.65. The number of methoxy groups -OCH3 is 1. The Balaban J connectivity index is 0.00000169. The number of phenolic OH excluding ortho intramolecular Hbond substituents is 1. The predicted molar refractivity (Wildman–Crippen MR) is 59.0 cm³/mol. The summed E-state index contributed by atoms with van der Waals surface area (Å²) in [7, 11) is 1.54. The van der Waals surface area contributed by atoms with Crippen molar-refractivity contribution in [3.8, 4) is 11.5 Å². The van der Waals surface area contributed by atoms with Crippen LogP contribution in [0.15, 0.2) is 30.9 Å². The van der Waals surface area contributed by atoms with Crippen LogP contribution in [0.3, 0.4) is 0 Å². The normalized spacial score (nSPS) is 11.3. The second kappa shape index (κ2) is 5.52. The molecule has 0 aliphatic heterocycles. The highest BCUT2D eigenvalue weighted by Crippen LogP contribution is 2.32. The molecule has 78 valence electrons. The van der Waals surface area contributed by atoms with E-state index in [1.165, 1.54) is 7.11 Å². The number of aromatic hydroxyl groups is 1. The molecule has 0 fully saturated rings. The van der Waals surface area contributed by atoms with Crippen LogP contribution in [-0.2, 0) is 0 Å². The summed E-state index contributed by atoms with van der Waals surface area (Å²) >= 11 is 0. The van der Waals surface area contributed by atoms with Crippen molar-refractivity contribution in [2.24, 2.45) is 5.73 Å². The van der Waals surface area contributed by atoms with Crippen molar-refractivity contribution in [1.82, 2.24) is 0 Å². The molecule has 3 N–H and O–H groups in total. The van der Waals surface area contributed by atoms with E-state index in [-0.39, 0.29) is 18.2 Å². The highest BCUT2D eigenvalue weighted by molar-refractivity contribution is 5.85. The number of hydrogen-bond donors (Lipinski definition) is 2. The van der Waals surface area contributed by atoms with Gasteiger partial charge in [-0.25, -0.2) is 0 Å². The molecule has 0 saturated carbocycles. The van der Waals surface area contributed by atoms with Gasteiger partial charge in [-0.3, -0.25) is 0 Å². The van der Waals surface area contributed by atoms with Crippen molar-refractivity contribution in [2.45, 2.75) is 6.04 Å². The lowest BCUT2D eigenvalue weighted by Gasteiger charge is -2.13. The lowest BCUT2D eigenvalue weighted by atomic mass is 10.1. The fourth-order valence-electron chi connectivity index (χ4n) is 1.16. The summed E-state index contributed by atoms with van der Waals surface area (Å²) in [6.45, 7) is 3.56. The summed E-state index contributed by atoms with van der Waals surface area (Å²) in [5, 5.41) is 9.52. The molecule has 0 aliphatic rings. The monoisotopic (exact) mass is 215 g/mol. The predicted octanol–water partition coefficient (Wildman–Crippen LogP) is 2.01. The number of hydrogen-bond acceptors (Lipinski definition) is 3. The molecule has 0 saturated heterocycles. The Morgan fingerprint density at radius 1 is 1.57 bits per heavy atom. The van der Waals surface area contributed by atoms with Gasteiger partial charge in [-0.2, -0.15) is 0 Å². The smallest absolute Gasteiger partial charge is 0.127 e. The molecule has 1 aromatic carbocycles. The fourth-order valence-corrected chi connectivity index (χ4v) is 1.16. The largest absolute Gasteiger partial charge is 0.507 e. The lowest BCUT2D eigenvalue weighted by molar-refractivity contribution is 0.397. The average Bonchev–Trinajstić information content (AvgIpc) is 2.16. The van der Waals surface area contributed by atoms with Crippen molar-refractivity contribution >= 4 is 12.4 Å². The molecule has 1 rings (SSSR count). The molecule has 0 radical (unpaired) electrons. The van der Waals surface area contributed by atoms with Crippen LogP contribution in [0, 0.1) is 0 Å². The topological polar surface area (TPSA) is 55.5 Å². The van der Waals surface area contributed by atoms with Gasteiger partial charge >= 0.3 is 0 Å². The Labute approximate surface area is 89.6 Å². The first-order valence-corrected chi connectivity index (χ1v) is 3.94. The molecule has 1 atom stereocenters. The molecular formula is C10H14ClNO2. The number of benzene rings is 1. The van der Waals surface area contributed by atoms with Crippen LogP contribution in [0.1, 0.15) is 11.6 Å². The van der Waals surface area contributed by atoms with E-state index >= 15 is 0 Å². The fraction of sp³-hybridized carbons (Fsp3) is 0.200. The van der Waals surface area contributed by atoms with Crippen LogP contribution < -0.4 is 10.5 Å². The molecule has 0 unspecified atom stereocenters. The van der Waals surface area contributed by atoms with E-state index in [2.05, 4.69) is 6.58 Å². The van der Waals surface area contributed by atoms with Crippen molar-refractivity contribution in [1.29, 1.82) is 0 Å². The van der Waals surface area contributed by atoms with Crippen molar-refractivity contribution in [3.05, 3.63) is 36.4 Å². The van der Waals surface area contributed by atoms with Gasteiger partial charge in [0.25, 0.3) is 0 Å². The zero-order valence-corrected chi connectivity index (χ0v) is 8.75. The minimum Gasteiger partial charge on any atom is -0.507 e. The Hall–Kier alpha value is -1.19. The maximum atomic E-state index is 9.52. The summed E-state index contributed by atoms with van der Waals surface area (Å²) in [6, 6.07) is 4.61. The van der Waals surface area contributed by atoms with Gasteiger partial charge in [0, 0.05) is 0 Å². The van der Waals surface area contributed by atoms with E-state index in [4.69, 9.17) is 10.5 Å². The summed E-state index contributed by atoms with van der Waals surface area (Å²) < 4.78 is 5.06. The molecule has 1 aromatic rings. The van der Waals surface area contributed by atoms with Crippen LogP contribution in [0.4, 0.5) is 0 Å². The van der Waals surface area contributed by atoms with Gasteiger partial charge in [0.15, 0.2) is 0 Å². The zero-order chi connectivity index (χ0) is 9.84. The number of ether oxygens (including phenoxy) is 1. The third-order valence-electron chi connectivity index (χ3n) is 1.85. The molecule has 4 heteroatoms. The van der Waals surface area contributed by atoms with E-state index < -0.39 is 6.04 Å². The lowest BCUT2D eigenvalue weighted by Crippen LogP contribution is -2.08. The number of halogens is 1. The average molecular weight is 216 g/mol. The van der Waals surface area contributed by atoms with Crippen molar-refractivity contribution in [3.63, 3.8) is 0 Å². The van der Waals surface area contributed by atoms with Crippen LogP contribution >= 0.6 is 12.4 Å². The van der Waals surface area contributed by atoms with E-state index in [0.29, 0.717) is 11.3 Å². The summed E-state index contributed by atoms with van der Waals surface area (Å²) in [5.41, 5.74) is 6.28. The molecule has 0 spiro atoms. The van der Waals surface area contributed by atoms with Gasteiger partial charge in [-0.15, -0.1) is 19.0 Å². The Bertz CT molecular complexity index is 315. The van der Waals surface area contributed by atoms with Gasteiger partial charge in [-0.05, 0) is 12.1 Å². The maximum absolute atomic E-state index is 9.52. The minimum atomic E-state index is -0.406. The third kappa shape index (κ3) is 2.40. The maximum Gasteiger partial charge on any atom is 0.127 e. The molecule has 0 aromatic heterocycles. The molecule has 0 aliphatic carbocycles. The molecule has 14 heavy (non-hydrogen) atoms. The first kappa shape index (κ1) is 12.8. The van der Waals surface area contributed by atoms with E-state index in [9.17, 15) is 5.11 Å². The Morgan fingerprint density at radius 3 is 2.71 bits per heavy atom. The quantitative estimate of drug-likeness (QED) is 0.759. The van der Waals surface area contributed by atoms with Crippen LogP contribution in [-0.4, -0.2) is 12.2 Å². The van der Waals surface area contributed by atoms with E-state index in [1.54, 1.807) is 24.3 Å². The van der Waals surface area contributed by atoms with Crippen LogP contribution in [0.2, 0.25) is 0 Å². The van der Waals surface area contributed by atoms with Gasteiger partial charge in [0.1, 0.15) is 11.5 Å². The standard InChI is InChI=1S/C10H13NO2.ClH/c1-3-7(11)10-8(12)5-4-6-9(10)13-2;/h3-7,12H,1,11H2,2H3;1H/t7-;/m1./s1. The number of phenols is 1. The molecule has 3 nitrogen and oxygen atoms in total. The number of rotatable bonds is 3. The highest BCUT2D eigenvalue weighted by Gasteiger charge is 2.12. The summed E-state index contributed by atoms with van der Waals surface area (Å²) in [4.78, 5) is 0. The first-order chi connectivity index (χ1) is 6.20. The minimum absolute atomic E-state index is 0. The Morgan fingerprint density at radius 2 is 2.21 bits per heavy atom. The summed E-state index contributed by atoms with van der Waals surface area (Å²) in [5.74, 6) is 0.708. The van der Waals surface area contributed by atoms with Gasteiger partial charge in [0.2, 0.25) is 0 Å². The third-order valence-corrected chi connectivity index (χ3v) is 1.85. The van der Waals surface area contributed by atoms with Crippen molar-refractivity contribution in [2.75, 3.05) is 7.11 Å². The van der Waals surface area contributed by atoms with Crippen LogP contribution in [0.5, 0.6) is 11.5 Å². The summed E-state index contributed by atoms with van der Waals surface area (Å²) in [6.07, 6.45) is 1.55. The molecule has 0 heterocycles. The second-order valence-electron chi connectivity index (χ2n) is 2.65. The molecular weight excluding hydrogens is 202 g/mol. The SMILES string of the molecule is C=C[C@@H](N)c1c(O)cccc1OC.Cl. The molecule has 0 bridgehead atoms. The van der Waals surface area contributed by atoms with E-state index in [0.717, 1.165) is 0 Å². The van der Waals surface area contributed by atoms with Crippen molar-refractivity contribution < 1.29 is 9.84 Å². The Kier molecular flexibility index (Phi) is 5.05.